The highest BCUT2D eigenvalue weighted by Crippen LogP contribution is 2.30. The molecule has 1 fully saturated rings. The third-order valence-electron chi connectivity index (χ3n) is 2.47. The lowest BCUT2D eigenvalue weighted by molar-refractivity contribution is 0.287. The fraction of sp³-hybridized carbons (Fsp3) is 0.538. The van der Waals surface area contributed by atoms with Gasteiger partial charge in [0, 0.05) is 6.42 Å². The number of benzene rings is 1. The van der Waals surface area contributed by atoms with Crippen LogP contribution >= 0.6 is 0 Å². The summed E-state index contributed by atoms with van der Waals surface area (Å²) in [6, 6.07) is 6.11. The molecule has 1 saturated heterocycles. The van der Waals surface area contributed by atoms with Gasteiger partial charge in [-0.25, -0.2) is 0 Å². The van der Waals surface area contributed by atoms with E-state index in [9.17, 15) is 0 Å². The minimum absolute atomic E-state index is 0.410. The first-order chi connectivity index (χ1) is 7.83. The van der Waals surface area contributed by atoms with Crippen molar-refractivity contribution in [3.05, 3.63) is 23.8 Å². The molecule has 1 aliphatic rings. The fourth-order valence-electron chi connectivity index (χ4n) is 1.67. The Hall–Kier alpha value is -1.22. The predicted molar refractivity (Wildman–Crippen MR) is 62.2 cm³/mol. The highest BCUT2D eigenvalue weighted by atomic mass is 16.6. The molecule has 1 heterocycles. The predicted octanol–water partition coefficient (Wildman–Crippen LogP) is 2.43. The topological polar surface area (TPSA) is 31.0 Å². The van der Waals surface area contributed by atoms with E-state index < -0.39 is 0 Å². The Balaban J connectivity index is 2.12. The van der Waals surface area contributed by atoms with E-state index >= 15 is 0 Å². The molecule has 3 nitrogen and oxygen atoms in total. The molecule has 0 radical (unpaired) electrons. The summed E-state index contributed by atoms with van der Waals surface area (Å²) in [5.41, 5.74) is 1.24. The molecule has 1 aromatic rings. The van der Waals surface area contributed by atoms with Crippen LogP contribution in [0.15, 0.2) is 18.2 Å². The molecule has 0 saturated carbocycles. The molecular formula is C13H18O3. The van der Waals surface area contributed by atoms with Crippen LogP contribution in [-0.4, -0.2) is 25.9 Å². The smallest absolute Gasteiger partial charge is 0.161 e. The molecule has 1 aromatic carbocycles. The monoisotopic (exact) mass is 222 g/mol. The van der Waals surface area contributed by atoms with E-state index in [4.69, 9.17) is 14.2 Å². The maximum Gasteiger partial charge on any atom is 0.161 e. The van der Waals surface area contributed by atoms with Crippen molar-refractivity contribution in [2.24, 2.45) is 0 Å². The van der Waals surface area contributed by atoms with Crippen molar-refractivity contribution in [1.82, 2.24) is 0 Å². The van der Waals surface area contributed by atoms with Crippen molar-refractivity contribution < 1.29 is 14.2 Å². The quantitative estimate of drug-likeness (QED) is 0.693. The second kappa shape index (κ2) is 5.21. The molecule has 0 N–H and O–H groups in total. The van der Waals surface area contributed by atoms with Gasteiger partial charge in [0.2, 0.25) is 0 Å². The Kier molecular flexibility index (Phi) is 3.67. The summed E-state index contributed by atoms with van der Waals surface area (Å²) in [5, 5.41) is 0. The lowest BCUT2D eigenvalue weighted by Crippen LogP contribution is -2.00. The summed E-state index contributed by atoms with van der Waals surface area (Å²) in [4.78, 5) is 0. The van der Waals surface area contributed by atoms with Crippen molar-refractivity contribution in [3.63, 3.8) is 0 Å². The second-order valence-corrected chi connectivity index (χ2v) is 3.81. The number of epoxide rings is 1. The van der Waals surface area contributed by atoms with E-state index in [2.05, 4.69) is 12.1 Å². The molecule has 0 amide bonds. The SMILES string of the molecule is CCOc1ccc(CC2CO2)cc1OCC. The normalized spacial score (nSPS) is 18.2. The molecular weight excluding hydrogens is 204 g/mol. The Morgan fingerprint density at radius 2 is 1.88 bits per heavy atom. The summed E-state index contributed by atoms with van der Waals surface area (Å²) in [7, 11) is 0. The van der Waals surface area contributed by atoms with E-state index in [0.717, 1.165) is 24.5 Å². The zero-order valence-electron chi connectivity index (χ0n) is 9.86. The number of ether oxygens (including phenoxy) is 3. The van der Waals surface area contributed by atoms with Gasteiger partial charge >= 0.3 is 0 Å². The van der Waals surface area contributed by atoms with Gasteiger partial charge < -0.3 is 14.2 Å². The van der Waals surface area contributed by atoms with E-state index in [1.807, 2.05) is 19.9 Å². The first-order valence-corrected chi connectivity index (χ1v) is 5.83. The van der Waals surface area contributed by atoms with Gasteiger partial charge in [-0.15, -0.1) is 0 Å². The first-order valence-electron chi connectivity index (χ1n) is 5.83. The molecule has 0 aliphatic carbocycles. The van der Waals surface area contributed by atoms with Crippen LogP contribution in [0.3, 0.4) is 0 Å². The summed E-state index contributed by atoms with van der Waals surface area (Å²) in [6.07, 6.45) is 1.37. The van der Waals surface area contributed by atoms with Crippen molar-refractivity contribution in [2.75, 3.05) is 19.8 Å². The summed E-state index contributed by atoms with van der Waals surface area (Å²) in [5.74, 6) is 1.66. The third kappa shape index (κ3) is 2.89. The Morgan fingerprint density at radius 3 is 2.50 bits per heavy atom. The maximum atomic E-state index is 5.57. The molecule has 16 heavy (non-hydrogen) atoms. The number of rotatable bonds is 6. The zero-order chi connectivity index (χ0) is 11.4. The van der Waals surface area contributed by atoms with Crippen LogP contribution in [0, 0.1) is 0 Å². The van der Waals surface area contributed by atoms with Crippen molar-refractivity contribution >= 4 is 0 Å². The molecule has 2 rings (SSSR count). The molecule has 0 spiro atoms. The summed E-state index contributed by atoms with van der Waals surface area (Å²) in [6.45, 7) is 6.15. The first kappa shape index (κ1) is 11.3. The largest absolute Gasteiger partial charge is 0.490 e. The standard InChI is InChI=1S/C13H18O3/c1-3-14-12-6-5-10(7-11-9-16-11)8-13(12)15-4-2/h5-6,8,11H,3-4,7,9H2,1-2H3. The lowest BCUT2D eigenvalue weighted by atomic mass is 10.1. The van der Waals surface area contributed by atoms with Crippen LogP contribution in [0.5, 0.6) is 11.5 Å². The average molecular weight is 222 g/mol. The molecule has 1 unspecified atom stereocenters. The zero-order valence-corrected chi connectivity index (χ0v) is 9.86. The van der Waals surface area contributed by atoms with Gasteiger partial charge in [0.05, 0.1) is 25.9 Å². The highest BCUT2D eigenvalue weighted by Gasteiger charge is 2.23. The Bertz CT molecular complexity index is 345. The van der Waals surface area contributed by atoms with Crippen LogP contribution in [0.4, 0.5) is 0 Å². The van der Waals surface area contributed by atoms with Gasteiger partial charge in [-0.2, -0.15) is 0 Å². The highest BCUT2D eigenvalue weighted by molar-refractivity contribution is 5.43. The Morgan fingerprint density at radius 1 is 1.19 bits per heavy atom. The van der Waals surface area contributed by atoms with E-state index in [0.29, 0.717) is 19.3 Å². The van der Waals surface area contributed by atoms with Gasteiger partial charge in [0.1, 0.15) is 0 Å². The van der Waals surface area contributed by atoms with Crippen LogP contribution in [-0.2, 0) is 11.2 Å². The van der Waals surface area contributed by atoms with Crippen LogP contribution in [0.1, 0.15) is 19.4 Å². The number of hydrogen-bond donors (Lipinski definition) is 0. The maximum absolute atomic E-state index is 5.57. The molecule has 88 valence electrons. The van der Waals surface area contributed by atoms with Crippen molar-refractivity contribution in [1.29, 1.82) is 0 Å². The minimum atomic E-state index is 0.410. The van der Waals surface area contributed by atoms with E-state index in [1.54, 1.807) is 0 Å². The third-order valence-corrected chi connectivity index (χ3v) is 2.47. The summed E-state index contributed by atoms with van der Waals surface area (Å²) < 4.78 is 16.3. The molecule has 0 bridgehead atoms. The molecule has 0 aromatic heterocycles. The summed E-state index contributed by atoms with van der Waals surface area (Å²) >= 11 is 0. The van der Waals surface area contributed by atoms with Gasteiger partial charge in [0.25, 0.3) is 0 Å². The second-order valence-electron chi connectivity index (χ2n) is 3.81. The van der Waals surface area contributed by atoms with Crippen molar-refractivity contribution in [2.45, 2.75) is 26.4 Å². The number of hydrogen-bond acceptors (Lipinski definition) is 3. The van der Waals surface area contributed by atoms with Gasteiger partial charge in [-0.05, 0) is 31.5 Å². The lowest BCUT2D eigenvalue weighted by Gasteiger charge is -2.11. The van der Waals surface area contributed by atoms with E-state index in [-0.39, 0.29) is 0 Å². The molecule has 1 atom stereocenters. The minimum Gasteiger partial charge on any atom is -0.490 e. The van der Waals surface area contributed by atoms with Crippen LogP contribution in [0.25, 0.3) is 0 Å². The van der Waals surface area contributed by atoms with Crippen molar-refractivity contribution in [3.8, 4) is 11.5 Å². The van der Waals surface area contributed by atoms with E-state index in [1.165, 1.54) is 5.56 Å². The fourth-order valence-corrected chi connectivity index (χ4v) is 1.67. The molecule has 3 heteroatoms. The van der Waals surface area contributed by atoms with Gasteiger partial charge in [-0.3, -0.25) is 0 Å². The Labute approximate surface area is 96.3 Å². The molecule has 1 aliphatic heterocycles. The van der Waals surface area contributed by atoms with Gasteiger partial charge in [-0.1, -0.05) is 6.07 Å². The van der Waals surface area contributed by atoms with Gasteiger partial charge in [0.15, 0.2) is 11.5 Å². The van der Waals surface area contributed by atoms with Crippen LogP contribution < -0.4 is 9.47 Å². The average Bonchev–Trinajstić information content (AvgIpc) is 3.06. The van der Waals surface area contributed by atoms with Crippen LogP contribution in [0.2, 0.25) is 0 Å².